The van der Waals surface area contributed by atoms with Crippen molar-refractivity contribution in [2.75, 3.05) is 12.3 Å². The maximum atomic E-state index is 11.9. The summed E-state index contributed by atoms with van der Waals surface area (Å²) in [5.74, 6) is 0.715. The van der Waals surface area contributed by atoms with Crippen molar-refractivity contribution in [3.8, 4) is 5.75 Å². The molecule has 3 nitrogen and oxygen atoms in total. The number of hydrogen-bond acceptors (Lipinski definition) is 3. The number of carbonyl (C=O) groups excluding carboxylic acids is 1. The van der Waals surface area contributed by atoms with Gasteiger partial charge in [-0.25, -0.2) is 0 Å². The summed E-state index contributed by atoms with van der Waals surface area (Å²) in [7, 11) is 0. The van der Waals surface area contributed by atoms with Gasteiger partial charge in [0.1, 0.15) is 5.75 Å². The predicted molar refractivity (Wildman–Crippen MR) is 90.3 cm³/mol. The lowest BCUT2D eigenvalue weighted by Gasteiger charge is -2.11. The van der Waals surface area contributed by atoms with Crippen LogP contribution in [0.2, 0.25) is 0 Å². The summed E-state index contributed by atoms with van der Waals surface area (Å²) in [6.07, 6.45) is 1.90. The second-order valence-electron chi connectivity index (χ2n) is 5.71. The van der Waals surface area contributed by atoms with Crippen LogP contribution in [0.15, 0.2) is 48.5 Å². The van der Waals surface area contributed by atoms with Crippen LogP contribution in [0.25, 0.3) is 0 Å². The molecule has 0 bridgehead atoms. The van der Waals surface area contributed by atoms with E-state index in [-0.39, 0.29) is 11.7 Å². The van der Waals surface area contributed by atoms with Crippen LogP contribution in [0.5, 0.6) is 5.75 Å². The van der Waals surface area contributed by atoms with Crippen molar-refractivity contribution in [1.29, 1.82) is 0 Å². The molecular weight excluding hydrogens is 274 g/mol. The smallest absolute Gasteiger partial charge is 0.165 e. The SMILES string of the molecule is CC(C)C(=O)c1ccc(OCCCc2ccccc2)c(N)c1. The number of Topliss-reactive ketones (excluding diaryl/α,β-unsaturated/α-hetero) is 1. The number of hydrogen-bond donors (Lipinski definition) is 1. The molecule has 0 aliphatic rings. The predicted octanol–water partition coefficient (Wildman–Crippen LogP) is 4.12. The van der Waals surface area contributed by atoms with Gasteiger partial charge in [-0.05, 0) is 36.6 Å². The van der Waals surface area contributed by atoms with Gasteiger partial charge in [0.2, 0.25) is 0 Å². The Hall–Kier alpha value is -2.29. The quantitative estimate of drug-likeness (QED) is 0.475. The van der Waals surface area contributed by atoms with Crippen LogP contribution >= 0.6 is 0 Å². The number of rotatable bonds is 7. The van der Waals surface area contributed by atoms with Crippen molar-refractivity contribution in [3.05, 3.63) is 59.7 Å². The van der Waals surface area contributed by atoms with E-state index in [2.05, 4.69) is 12.1 Å². The third-order valence-corrected chi connectivity index (χ3v) is 3.53. The second kappa shape index (κ2) is 7.64. The van der Waals surface area contributed by atoms with Gasteiger partial charge in [-0.1, -0.05) is 44.2 Å². The molecule has 0 radical (unpaired) electrons. The van der Waals surface area contributed by atoms with Crippen LogP contribution < -0.4 is 10.5 Å². The van der Waals surface area contributed by atoms with Crippen molar-refractivity contribution in [2.24, 2.45) is 5.92 Å². The molecule has 2 aromatic carbocycles. The summed E-state index contributed by atoms with van der Waals surface area (Å²) in [5, 5.41) is 0. The van der Waals surface area contributed by atoms with E-state index in [1.807, 2.05) is 32.0 Å². The molecule has 0 atom stereocenters. The largest absolute Gasteiger partial charge is 0.491 e. The minimum Gasteiger partial charge on any atom is -0.491 e. The molecule has 0 saturated heterocycles. The molecule has 0 aromatic heterocycles. The Labute approximate surface area is 132 Å². The zero-order valence-electron chi connectivity index (χ0n) is 13.2. The third kappa shape index (κ3) is 4.35. The number of carbonyl (C=O) groups is 1. The molecule has 2 aromatic rings. The molecule has 2 N–H and O–H groups in total. The first-order valence-corrected chi connectivity index (χ1v) is 7.68. The number of anilines is 1. The molecule has 116 valence electrons. The average Bonchev–Trinajstić information content (AvgIpc) is 2.53. The molecule has 3 heteroatoms. The first-order valence-electron chi connectivity index (χ1n) is 7.68. The van der Waals surface area contributed by atoms with E-state index in [4.69, 9.17) is 10.5 Å². The van der Waals surface area contributed by atoms with E-state index < -0.39 is 0 Å². The molecule has 0 aliphatic carbocycles. The monoisotopic (exact) mass is 297 g/mol. The van der Waals surface area contributed by atoms with Crippen molar-refractivity contribution >= 4 is 11.5 Å². The number of ether oxygens (including phenoxy) is 1. The third-order valence-electron chi connectivity index (χ3n) is 3.53. The van der Waals surface area contributed by atoms with Crippen LogP contribution in [0.4, 0.5) is 5.69 Å². The molecule has 22 heavy (non-hydrogen) atoms. The first-order chi connectivity index (χ1) is 10.6. The lowest BCUT2D eigenvalue weighted by molar-refractivity contribution is 0.0939. The van der Waals surface area contributed by atoms with Gasteiger partial charge in [-0.3, -0.25) is 4.79 Å². The Balaban J connectivity index is 1.87. The minimum absolute atomic E-state index is 0.0305. The van der Waals surface area contributed by atoms with Crippen LogP contribution in [-0.2, 0) is 6.42 Å². The lowest BCUT2D eigenvalue weighted by Crippen LogP contribution is -2.08. The molecule has 0 fully saturated rings. The summed E-state index contributed by atoms with van der Waals surface area (Å²) in [6.45, 7) is 4.37. The van der Waals surface area contributed by atoms with Gasteiger partial charge in [0.25, 0.3) is 0 Å². The summed E-state index contributed by atoms with van der Waals surface area (Å²) >= 11 is 0. The van der Waals surface area contributed by atoms with Gasteiger partial charge in [0.15, 0.2) is 5.78 Å². The van der Waals surface area contributed by atoms with E-state index in [0.29, 0.717) is 23.6 Å². The summed E-state index contributed by atoms with van der Waals surface area (Å²) in [6, 6.07) is 15.6. The standard InChI is InChI=1S/C19H23NO2/c1-14(2)19(21)16-10-11-18(17(20)13-16)22-12-6-9-15-7-4-3-5-8-15/h3-5,7-8,10-11,13-14H,6,9,12,20H2,1-2H3. The number of benzene rings is 2. The van der Waals surface area contributed by atoms with Gasteiger partial charge in [-0.15, -0.1) is 0 Å². The normalized spacial score (nSPS) is 10.7. The first kappa shape index (κ1) is 16.1. The van der Waals surface area contributed by atoms with E-state index in [0.717, 1.165) is 12.8 Å². The molecule has 0 amide bonds. The summed E-state index contributed by atoms with van der Waals surface area (Å²) < 4.78 is 5.72. The Morgan fingerprint density at radius 1 is 1.14 bits per heavy atom. The number of ketones is 1. The van der Waals surface area contributed by atoms with Crippen molar-refractivity contribution in [1.82, 2.24) is 0 Å². The molecule has 0 heterocycles. The minimum atomic E-state index is -0.0305. The molecule has 0 unspecified atom stereocenters. The van der Waals surface area contributed by atoms with Gasteiger partial charge in [0, 0.05) is 11.5 Å². The highest BCUT2D eigenvalue weighted by atomic mass is 16.5. The van der Waals surface area contributed by atoms with Crippen LogP contribution in [0, 0.1) is 5.92 Å². The summed E-state index contributed by atoms with van der Waals surface area (Å²) in [4.78, 5) is 11.9. The van der Waals surface area contributed by atoms with Gasteiger partial charge in [0.05, 0.1) is 12.3 Å². The highest BCUT2D eigenvalue weighted by Gasteiger charge is 2.12. The van der Waals surface area contributed by atoms with E-state index in [1.54, 1.807) is 18.2 Å². The fraction of sp³-hybridized carbons (Fsp3) is 0.316. The van der Waals surface area contributed by atoms with Gasteiger partial charge < -0.3 is 10.5 Å². The zero-order valence-corrected chi connectivity index (χ0v) is 13.2. The van der Waals surface area contributed by atoms with Crippen molar-refractivity contribution in [3.63, 3.8) is 0 Å². The fourth-order valence-electron chi connectivity index (χ4n) is 2.27. The Kier molecular flexibility index (Phi) is 5.59. The van der Waals surface area contributed by atoms with Crippen molar-refractivity contribution in [2.45, 2.75) is 26.7 Å². The maximum Gasteiger partial charge on any atom is 0.165 e. The number of aryl methyl sites for hydroxylation is 1. The zero-order chi connectivity index (χ0) is 15.9. The van der Waals surface area contributed by atoms with Gasteiger partial charge >= 0.3 is 0 Å². The Bertz CT molecular complexity index is 621. The Morgan fingerprint density at radius 2 is 1.86 bits per heavy atom. The molecular formula is C19H23NO2. The Morgan fingerprint density at radius 3 is 2.50 bits per heavy atom. The second-order valence-corrected chi connectivity index (χ2v) is 5.71. The van der Waals surface area contributed by atoms with Crippen LogP contribution in [0.1, 0.15) is 36.2 Å². The van der Waals surface area contributed by atoms with Gasteiger partial charge in [-0.2, -0.15) is 0 Å². The van der Waals surface area contributed by atoms with Crippen LogP contribution in [-0.4, -0.2) is 12.4 Å². The lowest BCUT2D eigenvalue weighted by atomic mass is 10.0. The van der Waals surface area contributed by atoms with E-state index in [9.17, 15) is 4.79 Å². The van der Waals surface area contributed by atoms with Crippen LogP contribution in [0.3, 0.4) is 0 Å². The highest BCUT2D eigenvalue weighted by Crippen LogP contribution is 2.24. The molecule has 0 spiro atoms. The van der Waals surface area contributed by atoms with E-state index in [1.165, 1.54) is 5.56 Å². The molecule has 2 rings (SSSR count). The summed E-state index contributed by atoms with van der Waals surface area (Å²) in [5.41, 5.74) is 8.44. The average molecular weight is 297 g/mol. The topological polar surface area (TPSA) is 52.3 Å². The number of nitrogen functional groups attached to an aromatic ring is 1. The number of nitrogens with two attached hydrogens (primary N) is 1. The van der Waals surface area contributed by atoms with Crippen molar-refractivity contribution < 1.29 is 9.53 Å². The maximum absolute atomic E-state index is 11.9. The van der Waals surface area contributed by atoms with E-state index >= 15 is 0 Å². The highest BCUT2D eigenvalue weighted by molar-refractivity contribution is 5.98. The molecule has 0 aliphatic heterocycles. The molecule has 0 saturated carbocycles. The fourth-order valence-corrected chi connectivity index (χ4v) is 2.27.